The highest BCUT2D eigenvalue weighted by Gasteiger charge is 2.19. The molecule has 98 valence electrons. The molecule has 1 aliphatic rings. The molecule has 1 fully saturated rings. The van der Waals surface area contributed by atoms with Gasteiger partial charge in [0, 0.05) is 25.2 Å². The van der Waals surface area contributed by atoms with Crippen LogP contribution in [0.5, 0.6) is 5.75 Å². The lowest BCUT2D eigenvalue weighted by Crippen LogP contribution is -2.32. The van der Waals surface area contributed by atoms with Crippen molar-refractivity contribution in [2.45, 2.75) is 12.8 Å². The Bertz CT molecular complexity index is 460. The molecule has 2 rings (SSSR count). The van der Waals surface area contributed by atoms with E-state index in [-0.39, 0.29) is 24.0 Å². The molecular formula is C12H14F2N2O2. The Morgan fingerprint density at radius 1 is 1.28 bits per heavy atom. The van der Waals surface area contributed by atoms with Gasteiger partial charge in [-0.1, -0.05) is 0 Å². The fourth-order valence-corrected chi connectivity index (χ4v) is 1.85. The van der Waals surface area contributed by atoms with Gasteiger partial charge < -0.3 is 15.4 Å². The molecule has 1 aliphatic heterocycles. The van der Waals surface area contributed by atoms with E-state index < -0.39 is 11.6 Å². The van der Waals surface area contributed by atoms with Gasteiger partial charge in [-0.2, -0.15) is 0 Å². The standard InChI is InChI=1S/C12H14F2N2O2/c13-8-6-11(9(14)5-10(8)15)18-7-12(17)16-3-1-2-4-16/h5-6H,1-4,7,15H2. The summed E-state index contributed by atoms with van der Waals surface area (Å²) in [6.45, 7) is 1.10. The molecule has 0 unspecified atom stereocenters. The summed E-state index contributed by atoms with van der Waals surface area (Å²) >= 11 is 0. The summed E-state index contributed by atoms with van der Waals surface area (Å²) < 4.78 is 31.5. The van der Waals surface area contributed by atoms with E-state index in [1.165, 1.54) is 0 Å². The van der Waals surface area contributed by atoms with E-state index in [2.05, 4.69) is 0 Å². The van der Waals surface area contributed by atoms with Crippen LogP contribution >= 0.6 is 0 Å². The number of carbonyl (C=O) groups is 1. The van der Waals surface area contributed by atoms with Gasteiger partial charge in [0.25, 0.3) is 5.91 Å². The average molecular weight is 256 g/mol. The summed E-state index contributed by atoms with van der Waals surface area (Å²) in [6, 6.07) is 1.69. The molecule has 1 aromatic rings. The molecular weight excluding hydrogens is 242 g/mol. The number of likely N-dealkylation sites (tertiary alicyclic amines) is 1. The number of ether oxygens (including phenoxy) is 1. The van der Waals surface area contributed by atoms with Crippen molar-refractivity contribution in [1.29, 1.82) is 0 Å². The molecule has 0 aromatic heterocycles. The number of rotatable bonds is 3. The Morgan fingerprint density at radius 2 is 1.94 bits per heavy atom. The molecule has 6 heteroatoms. The highest BCUT2D eigenvalue weighted by molar-refractivity contribution is 5.78. The first kappa shape index (κ1) is 12.6. The zero-order valence-electron chi connectivity index (χ0n) is 9.79. The number of hydrogen-bond donors (Lipinski definition) is 1. The number of halogens is 2. The van der Waals surface area contributed by atoms with E-state index in [1.54, 1.807) is 4.90 Å². The van der Waals surface area contributed by atoms with Gasteiger partial charge in [-0.05, 0) is 12.8 Å². The average Bonchev–Trinajstić information content (AvgIpc) is 2.85. The second kappa shape index (κ2) is 5.20. The van der Waals surface area contributed by atoms with Crippen molar-refractivity contribution >= 4 is 11.6 Å². The van der Waals surface area contributed by atoms with Gasteiger partial charge >= 0.3 is 0 Å². The van der Waals surface area contributed by atoms with Crippen LogP contribution in [0.4, 0.5) is 14.5 Å². The molecule has 4 nitrogen and oxygen atoms in total. The maximum absolute atomic E-state index is 13.4. The van der Waals surface area contributed by atoms with E-state index in [1.807, 2.05) is 0 Å². The monoisotopic (exact) mass is 256 g/mol. The minimum Gasteiger partial charge on any atom is -0.481 e. The van der Waals surface area contributed by atoms with Crippen molar-refractivity contribution in [2.75, 3.05) is 25.4 Å². The van der Waals surface area contributed by atoms with E-state index in [0.717, 1.165) is 25.0 Å². The number of hydrogen-bond acceptors (Lipinski definition) is 3. The maximum atomic E-state index is 13.4. The molecule has 2 N–H and O–H groups in total. The van der Waals surface area contributed by atoms with Crippen LogP contribution in [-0.4, -0.2) is 30.5 Å². The summed E-state index contributed by atoms with van der Waals surface area (Å²) in [6.07, 6.45) is 1.94. The summed E-state index contributed by atoms with van der Waals surface area (Å²) in [4.78, 5) is 13.3. The van der Waals surface area contributed by atoms with Gasteiger partial charge in [0.05, 0.1) is 5.69 Å². The van der Waals surface area contributed by atoms with Crippen LogP contribution in [0.15, 0.2) is 12.1 Å². The lowest BCUT2D eigenvalue weighted by molar-refractivity contribution is -0.132. The van der Waals surface area contributed by atoms with E-state index in [4.69, 9.17) is 10.5 Å². The maximum Gasteiger partial charge on any atom is 0.260 e. The molecule has 0 spiro atoms. The SMILES string of the molecule is Nc1cc(F)c(OCC(=O)N2CCCC2)cc1F. The van der Waals surface area contributed by atoms with Crippen molar-refractivity contribution in [3.8, 4) is 5.75 Å². The molecule has 1 heterocycles. The second-order valence-electron chi connectivity index (χ2n) is 4.18. The smallest absolute Gasteiger partial charge is 0.260 e. The number of nitrogen functional groups attached to an aromatic ring is 1. The fraction of sp³-hybridized carbons (Fsp3) is 0.417. The van der Waals surface area contributed by atoms with Crippen LogP contribution in [0.3, 0.4) is 0 Å². The van der Waals surface area contributed by atoms with Crippen LogP contribution in [-0.2, 0) is 4.79 Å². The third-order valence-corrected chi connectivity index (χ3v) is 2.86. The molecule has 0 saturated carbocycles. The van der Waals surface area contributed by atoms with Crippen molar-refractivity contribution in [1.82, 2.24) is 4.90 Å². The van der Waals surface area contributed by atoms with Gasteiger partial charge in [-0.3, -0.25) is 4.79 Å². The van der Waals surface area contributed by atoms with Crippen LogP contribution in [0.2, 0.25) is 0 Å². The van der Waals surface area contributed by atoms with Crippen LogP contribution in [0.1, 0.15) is 12.8 Å². The highest BCUT2D eigenvalue weighted by atomic mass is 19.1. The van der Waals surface area contributed by atoms with Gasteiger partial charge in [0.1, 0.15) is 5.82 Å². The van der Waals surface area contributed by atoms with Crippen LogP contribution < -0.4 is 10.5 Å². The van der Waals surface area contributed by atoms with Crippen molar-refractivity contribution < 1.29 is 18.3 Å². The van der Waals surface area contributed by atoms with Gasteiger partial charge in [0.15, 0.2) is 18.2 Å². The lowest BCUT2D eigenvalue weighted by atomic mass is 10.3. The molecule has 0 bridgehead atoms. The predicted octanol–water partition coefficient (Wildman–Crippen LogP) is 1.55. The van der Waals surface area contributed by atoms with E-state index >= 15 is 0 Å². The number of benzene rings is 1. The topological polar surface area (TPSA) is 55.6 Å². The molecule has 1 saturated heterocycles. The summed E-state index contributed by atoms with van der Waals surface area (Å²) in [5, 5.41) is 0. The highest BCUT2D eigenvalue weighted by Crippen LogP contribution is 2.23. The third kappa shape index (κ3) is 2.69. The lowest BCUT2D eigenvalue weighted by Gasteiger charge is -2.15. The Hall–Kier alpha value is -1.85. The Labute approximate surface area is 103 Å². The van der Waals surface area contributed by atoms with Crippen molar-refractivity contribution in [3.05, 3.63) is 23.8 Å². The third-order valence-electron chi connectivity index (χ3n) is 2.86. The summed E-state index contributed by atoms with van der Waals surface area (Å²) in [5.74, 6) is -2.05. The second-order valence-corrected chi connectivity index (χ2v) is 4.18. The van der Waals surface area contributed by atoms with Gasteiger partial charge in [0.2, 0.25) is 0 Å². The molecule has 0 aliphatic carbocycles. The zero-order chi connectivity index (χ0) is 13.1. The van der Waals surface area contributed by atoms with Gasteiger partial charge in [-0.25, -0.2) is 8.78 Å². The molecule has 1 amide bonds. The van der Waals surface area contributed by atoms with Crippen LogP contribution in [0.25, 0.3) is 0 Å². The molecule has 1 aromatic carbocycles. The summed E-state index contributed by atoms with van der Waals surface area (Å²) in [5.41, 5.74) is 4.91. The minimum atomic E-state index is -0.775. The molecule has 0 radical (unpaired) electrons. The van der Waals surface area contributed by atoms with Crippen molar-refractivity contribution in [3.63, 3.8) is 0 Å². The first-order valence-corrected chi connectivity index (χ1v) is 5.73. The first-order chi connectivity index (χ1) is 8.58. The van der Waals surface area contributed by atoms with Crippen molar-refractivity contribution in [2.24, 2.45) is 0 Å². The number of nitrogens with zero attached hydrogens (tertiary/aromatic N) is 1. The predicted molar refractivity (Wildman–Crippen MR) is 62.1 cm³/mol. The van der Waals surface area contributed by atoms with E-state index in [0.29, 0.717) is 13.1 Å². The Morgan fingerprint density at radius 3 is 2.61 bits per heavy atom. The molecule has 18 heavy (non-hydrogen) atoms. The molecule has 0 atom stereocenters. The Kier molecular flexibility index (Phi) is 3.64. The number of anilines is 1. The normalized spacial score (nSPS) is 14.9. The number of carbonyl (C=O) groups excluding carboxylic acids is 1. The fourth-order valence-electron chi connectivity index (χ4n) is 1.85. The van der Waals surface area contributed by atoms with E-state index in [9.17, 15) is 13.6 Å². The summed E-state index contributed by atoms with van der Waals surface area (Å²) in [7, 11) is 0. The number of nitrogens with two attached hydrogens (primary N) is 1. The number of amides is 1. The van der Waals surface area contributed by atoms with Gasteiger partial charge in [-0.15, -0.1) is 0 Å². The zero-order valence-corrected chi connectivity index (χ0v) is 9.79. The largest absolute Gasteiger partial charge is 0.481 e. The minimum absolute atomic E-state index is 0.218. The van der Waals surface area contributed by atoms with Crippen LogP contribution in [0, 0.1) is 11.6 Å². The first-order valence-electron chi connectivity index (χ1n) is 5.73. The quantitative estimate of drug-likeness (QED) is 0.835. The Balaban J connectivity index is 1.97.